The lowest BCUT2D eigenvalue weighted by molar-refractivity contribution is 0.0951. The lowest BCUT2D eigenvalue weighted by Gasteiger charge is -2.10. The van der Waals surface area contributed by atoms with E-state index < -0.39 is 0 Å². The van der Waals surface area contributed by atoms with Gasteiger partial charge in [-0.25, -0.2) is 4.98 Å². The fourth-order valence-corrected chi connectivity index (χ4v) is 1.08. The van der Waals surface area contributed by atoms with Crippen molar-refractivity contribution in [3.8, 4) is 0 Å². The van der Waals surface area contributed by atoms with Crippen LogP contribution >= 0.6 is 0 Å². The first kappa shape index (κ1) is 11.5. The largest absolute Gasteiger partial charge is 0.384 e. The molecule has 0 aromatic carbocycles. The second kappa shape index (κ2) is 5.31. The van der Waals surface area contributed by atoms with E-state index in [9.17, 15) is 4.79 Å². The molecule has 0 aliphatic rings. The summed E-state index contributed by atoms with van der Waals surface area (Å²) in [5.41, 5.74) is 6.02. The van der Waals surface area contributed by atoms with Crippen LogP contribution in [0.3, 0.4) is 0 Å². The Morgan fingerprint density at radius 1 is 1.60 bits per heavy atom. The number of nitrogens with two attached hydrogens (primary N) is 1. The summed E-state index contributed by atoms with van der Waals surface area (Å²) in [4.78, 5) is 17.4. The molecule has 0 fully saturated rings. The van der Waals surface area contributed by atoms with Crippen molar-refractivity contribution in [3.63, 3.8) is 0 Å². The monoisotopic (exact) mass is 208 g/mol. The van der Waals surface area contributed by atoms with Gasteiger partial charge in [-0.05, 0) is 26.2 Å². The number of hydrogen-bond donors (Lipinski definition) is 2. The van der Waals surface area contributed by atoms with Crippen molar-refractivity contribution in [1.82, 2.24) is 15.2 Å². The van der Waals surface area contributed by atoms with E-state index in [0.717, 1.165) is 6.54 Å². The SMILES string of the molecule is CN(C)CCNC(=O)c1ccnc(N)c1. The molecule has 1 aromatic heterocycles. The molecule has 0 atom stereocenters. The Balaban J connectivity index is 2.47. The average Bonchev–Trinajstić information content (AvgIpc) is 2.17. The van der Waals surface area contributed by atoms with E-state index >= 15 is 0 Å². The van der Waals surface area contributed by atoms with Gasteiger partial charge in [-0.2, -0.15) is 0 Å². The van der Waals surface area contributed by atoms with Gasteiger partial charge >= 0.3 is 0 Å². The molecule has 0 unspecified atom stereocenters. The van der Waals surface area contributed by atoms with Crippen LogP contribution in [-0.2, 0) is 0 Å². The molecule has 82 valence electrons. The predicted molar refractivity (Wildman–Crippen MR) is 59.5 cm³/mol. The van der Waals surface area contributed by atoms with Gasteiger partial charge in [0.15, 0.2) is 0 Å². The molecule has 1 heterocycles. The third-order valence-corrected chi connectivity index (χ3v) is 1.89. The smallest absolute Gasteiger partial charge is 0.251 e. The van der Waals surface area contributed by atoms with Crippen molar-refractivity contribution in [2.24, 2.45) is 0 Å². The number of pyridine rings is 1. The molecule has 0 bridgehead atoms. The average molecular weight is 208 g/mol. The van der Waals surface area contributed by atoms with Crippen LogP contribution in [-0.4, -0.2) is 43.0 Å². The van der Waals surface area contributed by atoms with E-state index in [1.54, 1.807) is 12.1 Å². The van der Waals surface area contributed by atoms with E-state index in [2.05, 4.69) is 10.3 Å². The normalized spacial score (nSPS) is 10.3. The molecule has 3 N–H and O–H groups in total. The van der Waals surface area contributed by atoms with E-state index in [4.69, 9.17) is 5.73 Å². The highest BCUT2D eigenvalue weighted by Gasteiger charge is 2.04. The molecular formula is C10H16N4O. The van der Waals surface area contributed by atoms with Crippen molar-refractivity contribution in [1.29, 1.82) is 0 Å². The molecule has 5 heteroatoms. The maximum absolute atomic E-state index is 11.6. The van der Waals surface area contributed by atoms with Gasteiger partial charge in [0.05, 0.1) is 0 Å². The minimum Gasteiger partial charge on any atom is -0.384 e. The summed E-state index contributed by atoms with van der Waals surface area (Å²) in [5.74, 6) is 0.237. The zero-order chi connectivity index (χ0) is 11.3. The van der Waals surface area contributed by atoms with Crippen molar-refractivity contribution in [3.05, 3.63) is 23.9 Å². The summed E-state index contributed by atoms with van der Waals surface area (Å²) in [6.45, 7) is 1.43. The molecule has 0 saturated carbocycles. The van der Waals surface area contributed by atoms with Crippen molar-refractivity contribution in [2.45, 2.75) is 0 Å². The van der Waals surface area contributed by atoms with E-state index in [1.165, 1.54) is 6.20 Å². The third-order valence-electron chi connectivity index (χ3n) is 1.89. The van der Waals surface area contributed by atoms with Gasteiger partial charge in [0.1, 0.15) is 5.82 Å². The Kier molecular flexibility index (Phi) is 4.05. The Morgan fingerprint density at radius 2 is 2.33 bits per heavy atom. The molecule has 0 saturated heterocycles. The third kappa shape index (κ3) is 3.95. The Morgan fingerprint density at radius 3 is 2.93 bits per heavy atom. The summed E-state index contributed by atoms with van der Waals surface area (Å²) >= 11 is 0. The van der Waals surface area contributed by atoms with Crippen LogP contribution in [0.5, 0.6) is 0 Å². The zero-order valence-electron chi connectivity index (χ0n) is 9.03. The topological polar surface area (TPSA) is 71.2 Å². The Bertz CT molecular complexity index is 338. The molecule has 1 aromatic rings. The number of likely N-dealkylation sites (N-methyl/N-ethyl adjacent to an activating group) is 1. The van der Waals surface area contributed by atoms with Crippen LogP contribution in [0.4, 0.5) is 5.82 Å². The molecular weight excluding hydrogens is 192 g/mol. The number of rotatable bonds is 4. The summed E-state index contributed by atoms with van der Waals surface area (Å²) in [6, 6.07) is 3.20. The highest BCUT2D eigenvalue weighted by atomic mass is 16.1. The molecule has 0 spiro atoms. The number of aromatic nitrogens is 1. The standard InChI is InChI=1S/C10H16N4O/c1-14(2)6-5-13-10(15)8-3-4-12-9(11)7-8/h3-4,7H,5-6H2,1-2H3,(H2,11,12)(H,13,15). The lowest BCUT2D eigenvalue weighted by atomic mass is 10.2. The number of anilines is 1. The summed E-state index contributed by atoms with van der Waals surface area (Å²) < 4.78 is 0. The maximum atomic E-state index is 11.6. The van der Waals surface area contributed by atoms with Crippen molar-refractivity contribution >= 4 is 11.7 Å². The number of amides is 1. The van der Waals surface area contributed by atoms with Gasteiger partial charge in [-0.3, -0.25) is 4.79 Å². The minimum atomic E-state index is -0.119. The number of nitrogens with one attached hydrogen (secondary N) is 1. The van der Waals surface area contributed by atoms with Gasteiger partial charge in [0.2, 0.25) is 0 Å². The quantitative estimate of drug-likeness (QED) is 0.728. The van der Waals surface area contributed by atoms with E-state index in [1.807, 2.05) is 19.0 Å². The van der Waals surface area contributed by atoms with Crippen LogP contribution < -0.4 is 11.1 Å². The second-order valence-corrected chi connectivity index (χ2v) is 3.53. The van der Waals surface area contributed by atoms with Gasteiger partial charge in [-0.15, -0.1) is 0 Å². The Labute approximate surface area is 89.3 Å². The number of nitrogens with zero attached hydrogens (tertiary/aromatic N) is 2. The molecule has 0 radical (unpaired) electrons. The first-order chi connectivity index (χ1) is 7.09. The first-order valence-corrected chi connectivity index (χ1v) is 4.74. The van der Waals surface area contributed by atoms with Gasteiger partial charge in [0.25, 0.3) is 5.91 Å². The van der Waals surface area contributed by atoms with Crippen LogP contribution in [0.2, 0.25) is 0 Å². The summed E-state index contributed by atoms with van der Waals surface area (Å²) in [6.07, 6.45) is 1.52. The minimum absolute atomic E-state index is 0.119. The molecule has 0 aliphatic heterocycles. The second-order valence-electron chi connectivity index (χ2n) is 3.53. The number of carbonyl (C=O) groups excluding carboxylic acids is 1. The van der Waals surface area contributed by atoms with Gasteiger partial charge in [-0.1, -0.05) is 0 Å². The highest BCUT2D eigenvalue weighted by molar-refractivity contribution is 5.94. The number of hydrogen-bond acceptors (Lipinski definition) is 4. The summed E-state index contributed by atoms with van der Waals surface area (Å²) in [5, 5.41) is 2.79. The first-order valence-electron chi connectivity index (χ1n) is 4.74. The lowest BCUT2D eigenvalue weighted by Crippen LogP contribution is -2.31. The zero-order valence-corrected chi connectivity index (χ0v) is 9.03. The van der Waals surface area contributed by atoms with Gasteiger partial charge < -0.3 is 16.0 Å². The molecule has 15 heavy (non-hydrogen) atoms. The van der Waals surface area contributed by atoms with Gasteiger partial charge in [0, 0.05) is 24.8 Å². The van der Waals surface area contributed by atoms with Crippen LogP contribution in [0.15, 0.2) is 18.3 Å². The maximum Gasteiger partial charge on any atom is 0.251 e. The van der Waals surface area contributed by atoms with Crippen LogP contribution in [0.1, 0.15) is 10.4 Å². The van der Waals surface area contributed by atoms with E-state index in [-0.39, 0.29) is 5.91 Å². The summed E-state index contributed by atoms with van der Waals surface area (Å²) in [7, 11) is 3.91. The molecule has 1 amide bonds. The number of nitrogen functional groups attached to an aromatic ring is 1. The predicted octanol–water partition coefficient (Wildman–Crippen LogP) is -0.0448. The van der Waals surface area contributed by atoms with Crippen LogP contribution in [0, 0.1) is 0 Å². The highest BCUT2D eigenvalue weighted by Crippen LogP contribution is 2.02. The molecule has 5 nitrogen and oxygen atoms in total. The molecule has 0 aliphatic carbocycles. The van der Waals surface area contributed by atoms with E-state index in [0.29, 0.717) is 17.9 Å². The fraction of sp³-hybridized carbons (Fsp3) is 0.400. The Hall–Kier alpha value is -1.62. The van der Waals surface area contributed by atoms with Crippen molar-refractivity contribution in [2.75, 3.05) is 32.9 Å². The molecule has 1 rings (SSSR count). The fourth-order valence-electron chi connectivity index (χ4n) is 1.08. The van der Waals surface area contributed by atoms with Crippen molar-refractivity contribution < 1.29 is 4.79 Å². The number of carbonyl (C=O) groups is 1. The van der Waals surface area contributed by atoms with Crippen LogP contribution in [0.25, 0.3) is 0 Å².